The van der Waals surface area contributed by atoms with Crippen LogP contribution in [-0.2, 0) is 24.9 Å². The van der Waals surface area contributed by atoms with Crippen molar-refractivity contribution in [3.8, 4) is 11.3 Å². The van der Waals surface area contributed by atoms with E-state index < -0.39 is 0 Å². The number of fused-ring (bicyclic) bond motifs is 6. The Hall–Kier alpha value is -3.44. The molecule has 1 radical (unpaired) electrons. The van der Waals surface area contributed by atoms with Crippen LogP contribution in [0.5, 0.6) is 0 Å². The van der Waals surface area contributed by atoms with E-state index >= 15 is 0 Å². The van der Waals surface area contributed by atoms with E-state index in [0.29, 0.717) is 0 Å². The molecule has 0 unspecified atom stereocenters. The summed E-state index contributed by atoms with van der Waals surface area (Å²) in [4.78, 5) is 22.8. The SMILES string of the molecule is CC(C)c1nc(-c2[c-]cc3ccccc3c2)c2c(n1)sc1ccc3ccccc3c12.CCC(CC)C(=O)/C=C(\O)C(CC)CC.[Ir]. The summed E-state index contributed by atoms with van der Waals surface area (Å²) in [5.41, 5.74) is 2.01. The number of rotatable bonds is 9. The molecule has 4 nitrogen and oxygen atoms in total. The molecule has 0 saturated heterocycles. The molecule has 0 aliphatic rings. The Labute approximate surface area is 290 Å². The normalized spacial score (nSPS) is 11.9. The second kappa shape index (κ2) is 15.9. The minimum absolute atomic E-state index is 0. The third kappa shape index (κ3) is 7.41. The Morgan fingerprint density at radius 2 is 1.46 bits per heavy atom. The zero-order valence-corrected chi connectivity index (χ0v) is 30.8. The standard InChI is InChI=1S/C27H19N2S.C13H24O2.Ir/c1-16(2)26-28-25(20-12-11-17-7-3-4-9-19(17)15-20)24-23-21-10-6-5-8-18(21)13-14-22(23)30-27(24)29-26;1-5-10(6-2)12(14)9-13(15)11(7-3)8-4;/h3-11,13-16H,1-2H3;9-11,14H,5-8H2,1-4H3;/q-1;;/b;12-9-;. The molecule has 1 N–H and O–H groups in total. The Bertz CT molecular complexity index is 1990. The number of allylic oxidation sites excluding steroid dienone is 2. The molecule has 0 aliphatic carbocycles. The van der Waals surface area contributed by atoms with Crippen molar-refractivity contribution in [3.05, 3.63) is 96.5 Å². The minimum atomic E-state index is 0. The number of hydrogen-bond donors (Lipinski definition) is 1. The molecule has 6 rings (SSSR count). The summed E-state index contributed by atoms with van der Waals surface area (Å²) in [5.74, 6) is 1.69. The van der Waals surface area contributed by atoms with Crippen LogP contribution in [0.4, 0.5) is 0 Å². The van der Waals surface area contributed by atoms with Crippen molar-refractivity contribution < 1.29 is 30.0 Å². The van der Waals surface area contributed by atoms with Gasteiger partial charge in [0.05, 0.1) is 5.76 Å². The average Bonchev–Trinajstić information content (AvgIpc) is 3.45. The zero-order chi connectivity index (χ0) is 32.1. The van der Waals surface area contributed by atoms with Crippen LogP contribution in [-0.4, -0.2) is 20.9 Å². The van der Waals surface area contributed by atoms with Crippen molar-refractivity contribution in [2.24, 2.45) is 11.8 Å². The Balaban J connectivity index is 0.000000259. The summed E-state index contributed by atoms with van der Waals surface area (Å²) in [6.07, 6.45) is 4.91. The van der Waals surface area contributed by atoms with Crippen LogP contribution in [0.2, 0.25) is 0 Å². The summed E-state index contributed by atoms with van der Waals surface area (Å²) >= 11 is 1.76. The summed E-state index contributed by atoms with van der Waals surface area (Å²) in [7, 11) is 0. The number of benzene rings is 4. The molecule has 46 heavy (non-hydrogen) atoms. The first kappa shape index (κ1) is 35.4. The van der Waals surface area contributed by atoms with Crippen molar-refractivity contribution in [2.45, 2.75) is 73.1 Å². The second-order valence-electron chi connectivity index (χ2n) is 12.0. The van der Waals surface area contributed by atoms with Crippen LogP contribution in [0.15, 0.2) is 84.6 Å². The van der Waals surface area contributed by atoms with Gasteiger partial charge in [0, 0.05) is 65.1 Å². The predicted molar refractivity (Wildman–Crippen MR) is 192 cm³/mol. The first-order valence-electron chi connectivity index (χ1n) is 16.3. The van der Waals surface area contributed by atoms with Gasteiger partial charge in [-0.15, -0.1) is 40.5 Å². The Morgan fingerprint density at radius 1 is 0.826 bits per heavy atom. The summed E-state index contributed by atoms with van der Waals surface area (Å²) < 4.78 is 1.25. The van der Waals surface area contributed by atoms with Gasteiger partial charge in [-0.2, -0.15) is 0 Å². The van der Waals surface area contributed by atoms with Crippen LogP contribution in [0.25, 0.3) is 53.1 Å². The number of hydrogen-bond acceptors (Lipinski definition) is 5. The summed E-state index contributed by atoms with van der Waals surface area (Å²) in [6.45, 7) is 12.4. The molecule has 6 heteroatoms. The van der Waals surface area contributed by atoms with Gasteiger partial charge in [-0.05, 0) is 42.5 Å². The molecule has 6 aromatic rings. The maximum Gasteiger partial charge on any atom is 0.162 e. The minimum Gasteiger partial charge on any atom is -0.512 e. The molecule has 0 saturated carbocycles. The van der Waals surface area contributed by atoms with E-state index in [9.17, 15) is 9.90 Å². The fourth-order valence-corrected chi connectivity index (χ4v) is 7.05. The van der Waals surface area contributed by atoms with Crippen LogP contribution < -0.4 is 0 Å². The van der Waals surface area contributed by atoms with Gasteiger partial charge in [0.2, 0.25) is 0 Å². The number of aliphatic hydroxyl groups is 1. The van der Waals surface area contributed by atoms with E-state index in [1.165, 1.54) is 37.7 Å². The predicted octanol–water partition coefficient (Wildman–Crippen LogP) is 11.6. The van der Waals surface area contributed by atoms with E-state index in [1.54, 1.807) is 11.3 Å². The van der Waals surface area contributed by atoms with E-state index in [4.69, 9.17) is 9.97 Å². The summed E-state index contributed by atoms with van der Waals surface area (Å²) in [5, 5.41) is 17.0. The van der Waals surface area contributed by atoms with Crippen LogP contribution >= 0.6 is 11.3 Å². The van der Waals surface area contributed by atoms with Crippen molar-refractivity contribution >= 4 is 59.0 Å². The van der Waals surface area contributed by atoms with Crippen LogP contribution in [0.1, 0.15) is 79.0 Å². The quantitative estimate of drug-likeness (QED) is 0.0898. The largest absolute Gasteiger partial charge is 0.512 e. The van der Waals surface area contributed by atoms with Gasteiger partial charge in [0.15, 0.2) is 5.78 Å². The number of thiophene rings is 1. The van der Waals surface area contributed by atoms with Gasteiger partial charge in [0.25, 0.3) is 0 Å². The molecule has 0 bridgehead atoms. The van der Waals surface area contributed by atoms with Gasteiger partial charge in [-0.3, -0.25) is 9.78 Å². The first-order valence-corrected chi connectivity index (χ1v) is 17.1. The maximum atomic E-state index is 11.7. The van der Waals surface area contributed by atoms with Gasteiger partial charge in [-0.1, -0.05) is 102 Å². The second-order valence-corrected chi connectivity index (χ2v) is 13.0. The Kier molecular flexibility index (Phi) is 12.2. The molecule has 0 fully saturated rings. The van der Waals surface area contributed by atoms with Crippen molar-refractivity contribution in [1.82, 2.24) is 9.97 Å². The van der Waals surface area contributed by atoms with Gasteiger partial charge >= 0.3 is 0 Å². The fourth-order valence-electron chi connectivity index (χ4n) is 5.95. The smallest absolute Gasteiger partial charge is 0.162 e. The molecular formula is C40H43IrN2O2S-. The maximum absolute atomic E-state index is 11.7. The van der Waals surface area contributed by atoms with E-state index in [1.807, 2.05) is 27.7 Å². The fraction of sp³-hybridized carbons (Fsp3) is 0.325. The molecule has 2 aromatic heterocycles. The zero-order valence-electron chi connectivity index (χ0n) is 27.6. The number of carbonyl (C=O) groups excluding carboxylic acids is 1. The molecule has 241 valence electrons. The van der Waals surface area contributed by atoms with Gasteiger partial charge in [-0.25, -0.2) is 4.98 Å². The number of aromatic nitrogens is 2. The van der Waals surface area contributed by atoms with Crippen molar-refractivity contribution in [3.63, 3.8) is 0 Å². The number of nitrogens with zero attached hydrogens (tertiary/aromatic N) is 2. The topological polar surface area (TPSA) is 63.1 Å². The van der Waals surface area contributed by atoms with Crippen LogP contribution in [0, 0.1) is 17.9 Å². The first-order chi connectivity index (χ1) is 21.8. The molecule has 2 heterocycles. The molecular weight excluding hydrogens is 765 g/mol. The van der Waals surface area contributed by atoms with E-state index in [0.717, 1.165) is 53.0 Å². The van der Waals surface area contributed by atoms with E-state index in [2.05, 4.69) is 92.7 Å². The third-order valence-corrected chi connectivity index (χ3v) is 9.82. The number of aliphatic hydroxyl groups excluding tert-OH is 1. The van der Waals surface area contributed by atoms with Crippen molar-refractivity contribution in [2.75, 3.05) is 0 Å². The Morgan fingerprint density at radius 3 is 2.11 bits per heavy atom. The van der Waals surface area contributed by atoms with Gasteiger partial charge in [0.1, 0.15) is 10.7 Å². The molecule has 0 atom stereocenters. The molecule has 4 aromatic carbocycles. The number of carbonyl (C=O) groups is 1. The van der Waals surface area contributed by atoms with E-state index in [-0.39, 0.29) is 49.4 Å². The molecule has 0 amide bonds. The van der Waals surface area contributed by atoms with Crippen molar-refractivity contribution in [1.29, 1.82) is 0 Å². The third-order valence-electron chi connectivity index (χ3n) is 8.77. The summed E-state index contributed by atoms with van der Waals surface area (Å²) in [6, 6.07) is 29.2. The van der Waals surface area contributed by atoms with Gasteiger partial charge < -0.3 is 5.11 Å². The van der Waals surface area contributed by atoms with Crippen LogP contribution in [0.3, 0.4) is 0 Å². The monoisotopic (exact) mass is 808 g/mol. The number of ketones is 1. The average molecular weight is 808 g/mol. The molecule has 0 aliphatic heterocycles. The molecule has 0 spiro atoms.